The molecule has 0 bridgehead atoms. The normalized spacial score (nSPS) is 16.6. The third-order valence-electron chi connectivity index (χ3n) is 2.75. The van der Waals surface area contributed by atoms with E-state index in [0.29, 0.717) is 17.8 Å². The quantitative estimate of drug-likeness (QED) is 0.176. The van der Waals surface area contributed by atoms with Crippen LogP contribution in [-0.2, 0) is 0 Å². The summed E-state index contributed by atoms with van der Waals surface area (Å²) in [5, 5.41) is 0. The van der Waals surface area contributed by atoms with Gasteiger partial charge in [-0.2, -0.15) is 0 Å². The van der Waals surface area contributed by atoms with Gasteiger partial charge in [-0.3, -0.25) is 0 Å². The van der Waals surface area contributed by atoms with Crippen molar-refractivity contribution in [1.29, 1.82) is 0 Å². The Bertz CT molecular complexity index is 384. The van der Waals surface area contributed by atoms with Crippen molar-refractivity contribution in [2.24, 2.45) is 0 Å². The molecule has 23 heavy (non-hydrogen) atoms. The molecular weight excluding hydrogens is 614 g/mol. The van der Waals surface area contributed by atoms with E-state index >= 15 is 0 Å². The standard InChI is InChI=1S/C7H15Cl11Si5/c1-19(8,9)3-7(22(14,15)5-20(2,10)11)4-21(12,13)6-23(16,17)18/h7H,3-6H2,1-2H3. The fourth-order valence-electron chi connectivity index (χ4n) is 2.09. The lowest BCUT2D eigenvalue weighted by Crippen LogP contribution is -2.41. The van der Waals surface area contributed by atoms with Crippen LogP contribution in [0.3, 0.4) is 0 Å². The van der Waals surface area contributed by atoms with Crippen molar-refractivity contribution in [1.82, 2.24) is 0 Å². The van der Waals surface area contributed by atoms with Crippen molar-refractivity contribution in [3.63, 3.8) is 0 Å². The first-order chi connectivity index (χ1) is 9.73. The van der Waals surface area contributed by atoms with Gasteiger partial charge in [0.05, 0.1) is 0 Å². The minimum atomic E-state index is -2.98. The Morgan fingerprint density at radius 2 is 1.04 bits per heavy atom. The maximum atomic E-state index is 6.66. The van der Waals surface area contributed by atoms with E-state index in [1.54, 1.807) is 13.1 Å². The van der Waals surface area contributed by atoms with Crippen molar-refractivity contribution >= 4 is 155 Å². The summed E-state index contributed by atoms with van der Waals surface area (Å²) in [5.41, 5.74) is 0.297. The fourth-order valence-corrected chi connectivity index (χ4v) is 47.4. The lowest BCUT2D eigenvalue weighted by molar-refractivity contribution is 1.01. The average Bonchev–Trinajstić information content (AvgIpc) is 2.04. The van der Waals surface area contributed by atoms with Gasteiger partial charge in [-0.25, -0.2) is 0 Å². The van der Waals surface area contributed by atoms with Gasteiger partial charge in [0.25, 0.3) is 13.4 Å². The predicted molar refractivity (Wildman–Crippen MR) is 128 cm³/mol. The van der Waals surface area contributed by atoms with Gasteiger partial charge in [0.15, 0.2) is 0 Å². The molecule has 0 aromatic heterocycles. The summed E-state index contributed by atoms with van der Waals surface area (Å²) in [6.07, 6.45) is 0. The molecule has 140 valence electrons. The Labute approximate surface area is 194 Å². The summed E-state index contributed by atoms with van der Waals surface area (Å²) in [4.78, 5) is 0. The summed E-state index contributed by atoms with van der Waals surface area (Å²) < 4.78 is 0. The average molecular weight is 630 g/mol. The van der Waals surface area contributed by atoms with Gasteiger partial charge >= 0.3 is 6.00 Å². The van der Waals surface area contributed by atoms with E-state index < -0.39 is 32.8 Å². The highest BCUT2D eigenvalue weighted by Crippen LogP contribution is 2.51. The first kappa shape index (κ1) is 27.3. The van der Waals surface area contributed by atoms with Crippen LogP contribution in [0.2, 0.25) is 42.1 Å². The minimum Gasteiger partial charge on any atom is -0.146 e. The number of hydrogen-bond acceptors (Lipinski definition) is 0. The molecule has 0 heterocycles. The third kappa shape index (κ3) is 14.9. The minimum absolute atomic E-state index is 0.182. The molecule has 1 unspecified atom stereocenters. The molecule has 1 atom stereocenters. The second kappa shape index (κ2) is 9.85. The van der Waals surface area contributed by atoms with E-state index in [-0.39, 0.29) is 11.2 Å². The summed E-state index contributed by atoms with van der Waals surface area (Å²) in [7, 11) is 0. The molecule has 0 rings (SSSR count). The lowest BCUT2D eigenvalue weighted by Gasteiger charge is -2.35. The van der Waals surface area contributed by atoms with E-state index in [0.717, 1.165) is 0 Å². The molecule has 0 spiro atoms. The molecule has 0 aliphatic heterocycles. The molecule has 16 heteroatoms. The highest BCUT2D eigenvalue weighted by atomic mass is 35.8. The van der Waals surface area contributed by atoms with E-state index in [4.69, 9.17) is 122 Å². The topological polar surface area (TPSA) is 0 Å². The molecule has 0 nitrogen and oxygen atoms in total. The Morgan fingerprint density at radius 3 is 1.35 bits per heavy atom. The molecule has 0 fully saturated rings. The van der Waals surface area contributed by atoms with Gasteiger partial charge in [0.1, 0.15) is 0 Å². The van der Waals surface area contributed by atoms with Crippen molar-refractivity contribution in [3.05, 3.63) is 0 Å². The second-order valence-electron chi connectivity index (χ2n) is 5.83. The fraction of sp³-hybridized carbons (Fsp3) is 1.00. The van der Waals surface area contributed by atoms with Crippen molar-refractivity contribution in [2.75, 3.05) is 0 Å². The smallest absolute Gasteiger partial charge is 0.146 e. The Hall–Kier alpha value is 4.27. The highest BCUT2D eigenvalue weighted by Gasteiger charge is 2.52. The van der Waals surface area contributed by atoms with Crippen molar-refractivity contribution < 1.29 is 0 Å². The Kier molecular flexibility index (Phi) is 11.7. The monoisotopic (exact) mass is 624 g/mol. The highest BCUT2D eigenvalue weighted by molar-refractivity contribution is 7.69. The third-order valence-corrected chi connectivity index (χ3v) is 30.0. The maximum Gasteiger partial charge on any atom is 0.341 e. The van der Waals surface area contributed by atoms with Crippen LogP contribution in [0.1, 0.15) is 0 Å². The largest absolute Gasteiger partial charge is 0.341 e. The molecule has 0 saturated carbocycles. The van der Waals surface area contributed by atoms with E-state index in [2.05, 4.69) is 0 Å². The van der Waals surface area contributed by atoms with Crippen molar-refractivity contribution in [3.8, 4) is 0 Å². The first-order valence-electron chi connectivity index (χ1n) is 6.31. The van der Waals surface area contributed by atoms with Crippen LogP contribution in [0.15, 0.2) is 0 Å². The number of hydrogen-bond donors (Lipinski definition) is 0. The Balaban J connectivity index is 5.38. The SMILES string of the molecule is C[Si](Cl)(Cl)CC(C[Si](Cl)(Cl)C[Si](Cl)(Cl)Cl)[Si](Cl)(Cl)C[Si](C)(Cl)Cl. The summed E-state index contributed by atoms with van der Waals surface area (Å²) >= 11 is 69.2. The van der Waals surface area contributed by atoms with Gasteiger partial charge < -0.3 is 0 Å². The number of rotatable bonds is 9. The van der Waals surface area contributed by atoms with Crippen LogP contribution in [0.25, 0.3) is 0 Å². The van der Waals surface area contributed by atoms with Gasteiger partial charge in [0, 0.05) is 5.67 Å². The van der Waals surface area contributed by atoms with Gasteiger partial charge in [-0.05, 0) is 36.4 Å². The van der Waals surface area contributed by atoms with Crippen molar-refractivity contribution in [2.45, 2.75) is 42.1 Å². The van der Waals surface area contributed by atoms with Gasteiger partial charge in [0.2, 0.25) is 13.4 Å². The summed E-state index contributed by atoms with van der Waals surface area (Å²) in [6, 6.07) is -2.17. The van der Waals surface area contributed by atoms with E-state index in [1.807, 2.05) is 0 Å². The second-order valence-corrected chi connectivity index (χ2v) is 47.3. The summed E-state index contributed by atoms with van der Waals surface area (Å²) in [5.74, 6) is 0. The van der Waals surface area contributed by atoms with E-state index in [1.165, 1.54) is 0 Å². The zero-order chi connectivity index (χ0) is 18.9. The molecule has 0 aromatic carbocycles. The molecule has 0 amide bonds. The zero-order valence-corrected chi connectivity index (χ0v) is 25.4. The molecule has 0 radical (unpaired) electrons. The Morgan fingerprint density at radius 1 is 0.609 bits per heavy atom. The van der Waals surface area contributed by atoms with Crippen LogP contribution < -0.4 is 0 Å². The van der Waals surface area contributed by atoms with Crippen LogP contribution in [0, 0.1) is 0 Å². The molecule has 0 aromatic rings. The van der Waals surface area contributed by atoms with Crippen LogP contribution >= 0.6 is 122 Å². The van der Waals surface area contributed by atoms with Crippen LogP contribution in [-0.4, -0.2) is 32.8 Å². The van der Waals surface area contributed by atoms with E-state index in [9.17, 15) is 0 Å². The first-order valence-corrected chi connectivity index (χ1v) is 29.8. The molecule has 0 aliphatic carbocycles. The summed E-state index contributed by atoms with van der Waals surface area (Å²) in [6.45, 7) is -7.26. The van der Waals surface area contributed by atoms with Gasteiger partial charge in [-0.15, -0.1) is 122 Å². The lowest BCUT2D eigenvalue weighted by atomic mass is 10.5. The molecular formula is C7H15Cl11Si5. The van der Waals surface area contributed by atoms with Crippen LogP contribution in [0.5, 0.6) is 0 Å². The van der Waals surface area contributed by atoms with Gasteiger partial charge in [-0.1, -0.05) is 0 Å². The molecule has 0 saturated heterocycles. The molecule has 0 N–H and O–H groups in total. The maximum absolute atomic E-state index is 6.66. The molecule has 0 aliphatic rings. The predicted octanol–water partition coefficient (Wildman–Crippen LogP) is 9.03. The number of halogens is 11. The zero-order valence-electron chi connectivity index (χ0n) is 12.1. The van der Waals surface area contributed by atoms with Crippen LogP contribution in [0.4, 0.5) is 0 Å².